The lowest BCUT2D eigenvalue weighted by Crippen LogP contribution is -2.37. The first-order valence-corrected chi connectivity index (χ1v) is 6.73. The summed E-state index contributed by atoms with van der Waals surface area (Å²) in [7, 11) is 2.94. The highest BCUT2D eigenvalue weighted by Gasteiger charge is 2.14. The van der Waals surface area contributed by atoms with Gasteiger partial charge in [0.25, 0.3) is 11.5 Å². The average Bonchev–Trinajstić information content (AvgIpc) is 2.49. The number of amides is 1. The van der Waals surface area contributed by atoms with E-state index in [4.69, 9.17) is 0 Å². The molecule has 2 rings (SSSR count). The van der Waals surface area contributed by atoms with E-state index in [1.807, 2.05) is 13.8 Å². The number of hydrogen-bond donors (Lipinski definition) is 1. The van der Waals surface area contributed by atoms with Crippen molar-refractivity contribution in [1.82, 2.24) is 19.4 Å². The van der Waals surface area contributed by atoms with Crippen LogP contribution in [0.15, 0.2) is 21.9 Å². The normalized spacial score (nSPS) is 12.4. The summed E-state index contributed by atoms with van der Waals surface area (Å²) in [6, 6.07) is 1.51. The van der Waals surface area contributed by atoms with E-state index in [1.54, 1.807) is 0 Å². The molecule has 2 aromatic rings. The van der Waals surface area contributed by atoms with Gasteiger partial charge in [0.05, 0.1) is 10.9 Å². The number of rotatable bonds is 3. The highest BCUT2D eigenvalue weighted by atomic mass is 16.2. The molecule has 0 spiro atoms. The third-order valence-electron chi connectivity index (χ3n) is 3.55. The van der Waals surface area contributed by atoms with Crippen molar-refractivity contribution in [1.29, 1.82) is 0 Å². The fraction of sp³-hybridized carbons (Fsp3) is 0.429. The number of nitrogens with zero attached hydrogens (tertiary/aromatic N) is 3. The number of fused-ring (bicyclic) bond motifs is 1. The van der Waals surface area contributed by atoms with Crippen LogP contribution >= 0.6 is 0 Å². The number of carbonyl (C=O) groups is 1. The summed E-state index contributed by atoms with van der Waals surface area (Å²) in [5.41, 5.74) is -0.336. The summed E-state index contributed by atoms with van der Waals surface area (Å²) in [6.45, 7) is 3.87. The second-order valence-electron chi connectivity index (χ2n) is 5.08. The Balaban J connectivity index is 2.60. The van der Waals surface area contributed by atoms with E-state index in [9.17, 15) is 14.4 Å². The van der Waals surface area contributed by atoms with Crippen LogP contribution in [0, 0.1) is 0 Å². The van der Waals surface area contributed by atoms with Gasteiger partial charge < -0.3 is 5.32 Å². The molecule has 7 nitrogen and oxygen atoms in total. The van der Waals surface area contributed by atoms with Gasteiger partial charge in [-0.1, -0.05) is 6.92 Å². The second kappa shape index (κ2) is 5.51. The molecule has 112 valence electrons. The first-order valence-electron chi connectivity index (χ1n) is 6.73. The third-order valence-corrected chi connectivity index (χ3v) is 3.55. The summed E-state index contributed by atoms with van der Waals surface area (Å²) in [5.74, 6) is -0.283. The zero-order chi connectivity index (χ0) is 15.7. The highest BCUT2D eigenvalue weighted by molar-refractivity contribution is 5.96. The molecule has 2 heterocycles. The molecule has 1 N–H and O–H groups in total. The van der Waals surface area contributed by atoms with Gasteiger partial charge in [0.1, 0.15) is 5.65 Å². The summed E-state index contributed by atoms with van der Waals surface area (Å²) in [5, 5.41) is 3.06. The molecule has 0 radical (unpaired) electrons. The molecule has 1 atom stereocenters. The Labute approximate surface area is 121 Å². The molecular weight excluding hydrogens is 272 g/mol. The molecule has 0 aliphatic heterocycles. The van der Waals surface area contributed by atoms with Crippen molar-refractivity contribution >= 4 is 16.9 Å². The summed E-state index contributed by atoms with van der Waals surface area (Å²) in [6.07, 6.45) is 2.18. The van der Waals surface area contributed by atoms with Crippen LogP contribution in [-0.2, 0) is 14.1 Å². The maximum Gasteiger partial charge on any atom is 0.332 e. The lowest BCUT2D eigenvalue weighted by atomic mass is 10.2. The van der Waals surface area contributed by atoms with Crippen LogP contribution in [-0.4, -0.2) is 26.1 Å². The molecule has 2 aromatic heterocycles. The molecule has 21 heavy (non-hydrogen) atoms. The van der Waals surface area contributed by atoms with Crippen molar-refractivity contribution < 1.29 is 4.79 Å². The minimum absolute atomic E-state index is 0.0381. The topological polar surface area (TPSA) is 86.0 Å². The van der Waals surface area contributed by atoms with E-state index in [0.29, 0.717) is 5.56 Å². The Morgan fingerprint density at radius 2 is 2.00 bits per heavy atom. The summed E-state index contributed by atoms with van der Waals surface area (Å²) in [4.78, 5) is 40.1. The van der Waals surface area contributed by atoms with Gasteiger partial charge in [0.15, 0.2) is 0 Å². The van der Waals surface area contributed by atoms with Gasteiger partial charge in [0, 0.05) is 26.3 Å². The fourth-order valence-corrected chi connectivity index (χ4v) is 2.00. The van der Waals surface area contributed by atoms with Crippen molar-refractivity contribution in [2.45, 2.75) is 26.3 Å². The Hall–Kier alpha value is -2.44. The van der Waals surface area contributed by atoms with Crippen molar-refractivity contribution in [3.05, 3.63) is 38.7 Å². The summed E-state index contributed by atoms with van der Waals surface area (Å²) >= 11 is 0. The smallest absolute Gasteiger partial charge is 0.332 e. The number of pyridine rings is 1. The van der Waals surface area contributed by atoms with Gasteiger partial charge in [0.2, 0.25) is 0 Å². The van der Waals surface area contributed by atoms with E-state index >= 15 is 0 Å². The van der Waals surface area contributed by atoms with E-state index in [0.717, 1.165) is 11.0 Å². The van der Waals surface area contributed by atoms with Crippen LogP contribution < -0.4 is 16.6 Å². The predicted molar refractivity (Wildman–Crippen MR) is 79.4 cm³/mol. The van der Waals surface area contributed by atoms with Crippen molar-refractivity contribution in [3.8, 4) is 0 Å². The second-order valence-corrected chi connectivity index (χ2v) is 5.08. The number of aryl methyl sites for hydroxylation is 1. The fourth-order valence-electron chi connectivity index (χ4n) is 2.00. The Morgan fingerprint density at radius 1 is 1.33 bits per heavy atom. The third kappa shape index (κ3) is 2.58. The van der Waals surface area contributed by atoms with E-state index in [2.05, 4.69) is 10.3 Å². The van der Waals surface area contributed by atoms with Crippen molar-refractivity contribution in [2.24, 2.45) is 14.1 Å². The zero-order valence-corrected chi connectivity index (χ0v) is 12.5. The zero-order valence-electron chi connectivity index (χ0n) is 12.5. The van der Waals surface area contributed by atoms with Crippen LogP contribution in [0.5, 0.6) is 0 Å². The lowest BCUT2D eigenvalue weighted by molar-refractivity contribution is 0.0939. The molecule has 1 amide bonds. The Bertz CT molecular complexity index is 819. The molecule has 7 heteroatoms. The van der Waals surface area contributed by atoms with E-state index in [-0.39, 0.29) is 23.0 Å². The van der Waals surface area contributed by atoms with Gasteiger partial charge in [-0.05, 0) is 19.4 Å². The van der Waals surface area contributed by atoms with Gasteiger partial charge in [-0.25, -0.2) is 9.78 Å². The van der Waals surface area contributed by atoms with Crippen LogP contribution in [0.4, 0.5) is 0 Å². The number of carbonyl (C=O) groups excluding carboxylic acids is 1. The molecule has 0 saturated heterocycles. The molecule has 0 bridgehead atoms. The quantitative estimate of drug-likeness (QED) is 0.872. The van der Waals surface area contributed by atoms with Crippen molar-refractivity contribution in [2.75, 3.05) is 0 Å². The van der Waals surface area contributed by atoms with E-state index in [1.165, 1.54) is 30.9 Å². The largest absolute Gasteiger partial charge is 0.350 e. The first kappa shape index (κ1) is 15.0. The minimum atomic E-state index is -0.459. The monoisotopic (exact) mass is 290 g/mol. The van der Waals surface area contributed by atoms with Crippen LogP contribution in [0.3, 0.4) is 0 Å². The standard InChI is InChI=1S/C14H18N4O3/c1-5-8(2)16-12(19)9-6-10-11(15-7-9)17(3)14(21)18(4)13(10)20/h6-8H,5H2,1-4H3,(H,16,19)/t8-/m1/s1. The van der Waals surface area contributed by atoms with Crippen LogP contribution in [0.25, 0.3) is 11.0 Å². The molecule has 0 aliphatic rings. The van der Waals surface area contributed by atoms with Crippen molar-refractivity contribution in [3.63, 3.8) is 0 Å². The molecule has 0 unspecified atom stereocenters. The van der Waals surface area contributed by atoms with Crippen LogP contribution in [0.2, 0.25) is 0 Å². The van der Waals surface area contributed by atoms with Gasteiger partial charge in [-0.2, -0.15) is 0 Å². The van der Waals surface area contributed by atoms with Crippen LogP contribution in [0.1, 0.15) is 30.6 Å². The summed E-state index contributed by atoms with van der Waals surface area (Å²) < 4.78 is 2.29. The van der Waals surface area contributed by atoms with Gasteiger partial charge >= 0.3 is 5.69 Å². The molecule has 0 aliphatic carbocycles. The number of nitrogens with one attached hydrogen (secondary N) is 1. The molecule has 0 fully saturated rings. The van der Waals surface area contributed by atoms with Gasteiger partial charge in [-0.15, -0.1) is 0 Å². The number of hydrogen-bond acceptors (Lipinski definition) is 4. The molecule has 0 saturated carbocycles. The molecule has 0 aromatic carbocycles. The number of aromatic nitrogens is 3. The maximum atomic E-state index is 12.1. The van der Waals surface area contributed by atoms with E-state index < -0.39 is 11.2 Å². The average molecular weight is 290 g/mol. The van der Waals surface area contributed by atoms with Gasteiger partial charge in [-0.3, -0.25) is 18.7 Å². The SMILES string of the molecule is CC[C@@H](C)NC(=O)c1cnc2c(c1)c(=O)n(C)c(=O)n2C. The maximum absolute atomic E-state index is 12.1. The first-order chi connectivity index (χ1) is 9.86. The Morgan fingerprint density at radius 3 is 2.62 bits per heavy atom. The molecular formula is C14H18N4O3. The lowest BCUT2D eigenvalue weighted by Gasteiger charge is -2.12. The minimum Gasteiger partial charge on any atom is -0.350 e. The predicted octanol–water partition coefficient (Wildman–Crippen LogP) is 0.160. The highest BCUT2D eigenvalue weighted by Crippen LogP contribution is 2.07. The Kier molecular flexibility index (Phi) is 3.93.